The average Bonchev–Trinajstić information content (AvgIpc) is 3.50. The molecule has 0 aliphatic carbocycles. The predicted octanol–water partition coefficient (Wildman–Crippen LogP) is 6.17. The molecule has 0 saturated carbocycles. The number of aromatic nitrogens is 2. The summed E-state index contributed by atoms with van der Waals surface area (Å²) in [6.07, 6.45) is 3.04. The molecule has 0 spiro atoms. The number of carbonyl (C=O) groups excluding carboxylic acids is 2. The van der Waals surface area contributed by atoms with E-state index in [2.05, 4.69) is 31.2 Å². The van der Waals surface area contributed by atoms with E-state index in [1.165, 1.54) is 24.7 Å². The van der Waals surface area contributed by atoms with Gasteiger partial charge in [-0.2, -0.15) is 0 Å². The van der Waals surface area contributed by atoms with E-state index in [0.29, 0.717) is 50.2 Å². The van der Waals surface area contributed by atoms with Crippen LogP contribution in [0.25, 0.3) is 10.9 Å². The lowest BCUT2D eigenvalue weighted by atomic mass is 10.2. The van der Waals surface area contributed by atoms with Gasteiger partial charge in [-0.15, -0.1) is 0 Å². The summed E-state index contributed by atoms with van der Waals surface area (Å²) in [7, 11) is 0. The summed E-state index contributed by atoms with van der Waals surface area (Å²) in [4.78, 5) is 33.1. The minimum absolute atomic E-state index is 0.0781. The van der Waals surface area contributed by atoms with E-state index in [1.54, 1.807) is 60.7 Å². The van der Waals surface area contributed by atoms with Crippen LogP contribution in [-0.2, 0) is 17.9 Å². The first-order chi connectivity index (χ1) is 20.4. The van der Waals surface area contributed by atoms with Gasteiger partial charge in [0.25, 0.3) is 0 Å². The maximum Gasteiger partial charge on any atom is 0.315 e. The maximum atomic E-state index is 13.4. The fraction of sp³-hybridized carbons (Fsp3) is 0.133. The summed E-state index contributed by atoms with van der Waals surface area (Å²) in [5.74, 6) is 0.987. The van der Waals surface area contributed by atoms with Gasteiger partial charge in [-0.1, -0.05) is 23.7 Å². The number of carbonyl (C=O) groups is 2. The third-order valence-electron chi connectivity index (χ3n) is 6.04. The molecule has 42 heavy (non-hydrogen) atoms. The normalized spacial score (nSPS) is 10.7. The Labute approximate surface area is 245 Å². The molecule has 0 fully saturated rings. The Kier molecular flexibility index (Phi) is 9.10. The van der Waals surface area contributed by atoms with Gasteiger partial charge in [0.05, 0.1) is 23.3 Å². The summed E-state index contributed by atoms with van der Waals surface area (Å²) in [6, 6.07) is 19.7. The van der Waals surface area contributed by atoms with Crippen LogP contribution in [0.4, 0.5) is 26.4 Å². The predicted molar refractivity (Wildman–Crippen MR) is 157 cm³/mol. The highest BCUT2D eigenvalue weighted by Crippen LogP contribution is 2.31. The van der Waals surface area contributed by atoms with Crippen LogP contribution in [0.5, 0.6) is 5.75 Å². The number of nitrogens with one attached hydrogen (secondary N) is 4. The van der Waals surface area contributed by atoms with Crippen LogP contribution in [0.3, 0.4) is 0 Å². The van der Waals surface area contributed by atoms with Crippen LogP contribution in [0.1, 0.15) is 17.7 Å². The molecule has 0 bridgehead atoms. The third-order valence-corrected chi connectivity index (χ3v) is 6.33. The Hall–Kier alpha value is -5.16. The Morgan fingerprint density at radius 1 is 0.952 bits per heavy atom. The van der Waals surface area contributed by atoms with E-state index in [1.807, 2.05) is 0 Å². The minimum atomic E-state index is -0.399. The molecule has 0 saturated heterocycles. The summed E-state index contributed by atoms with van der Waals surface area (Å²) in [5, 5.41) is 12.4. The van der Waals surface area contributed by atoms with E-state index in [4.69, 9.17) is 20.8 Å². The van der Waals surface area contributed by atoms with Gasteiger partial charge in [0.1, 0.15) is 36.1 Å². The highest BCUT2D eigenvalue weighted by Gasteiger charge is 2.11. The van der Waals surface area contributed by atoms with Crippen LogP contribution in [0.15, 0.2) is 89.8 Å². The van der Waals surface area contributed by atoms with Crippen molar-refractivity contribution in [1.29, 1.82) is 0 Å². The molecule has 10 nitrogen and oxygen atoms in total. The SMILES string of the molecule is O=C(CCNC(=O)NCc1ccco1)Nc1ccc2ncnc(Nc3ccc(OCc4cccc(F)c4)c(Cl)c3)c2c1. The van der Waals surface area contributed by atoms with Crippen molar-refractivity contribution >= 4 is 51.6 Å². The van der Waals surface area contributed by atoms with Crippen molar-refractivity contribution in [3.63, 3.8) is 0 Å². The minimum Gasteiger partial charge on any atom is -0.487 e. The summed E-state index contributed by atoms with van der Waals surface area (Å²) in [6.45, 7) is 0.577. The average molecular weight is 589 g/mol. The van der Waals surface area contributed by atoms with Gasteiger partial charge in [-0.05, 0) is 66.2 Å². The first-order valence-electron chi connectivity index (χ1n) is 13.0. The molecule has 0 radical (unpaired) electrons. The van der Waals surface area contributed by atoms with Crippen molar-refractivity contribution in [2.45, 2.75) is 19.6 Å². The molecule has 12 heteroatoms. The molecule has 2 heterocycles. The van der Waals surface area contributed by atoms with Crippen LogP contribution >= 0.6 is 11.6 Å². The number of fused-ring (bicyclic) bond motifs is 1. The molecule has 3 aromatic carbocycles. The standard InChI is InChI=1S/C30H26ClFN6O4/c31-25-15-22(7-9-27(25)42-17-19-3-1-4-20(32)13-19)38-29-24-14-21(6-8-26(24)35-18-36-29)37-28(39)10-11-33-30(40)34-16-23-5-2-12-41-23/h1-9,12-15,18H,10-11,16-17H2,(H,37,39)(H2,33,34,40)(H,35,36,38). The highest BCUT2D eigenvalue weighted by atomic mass is 35.5. The molecular formula is C30H26ClFN6O4. The lowest BCUT2D eigenvalue weighted by Crippen LogP contribution is -2.36. The molecule has 214 valence electrons. The zero-order valence-corrected chi connectivity index (χ0v) is 23.0. The number of hydrogen-bond acceptors (Lipinski definition) is 7. The van der Waals surface area contributed by atoms with Gasteiger partial charge < -0.3 is 30.4 Å². The van der Waals surface area contributed by atoms with Crippen LogP contribution in [-0.4, -0.2) is 28.5 Å². The molecule has 0 aliphatic heterocycles. The van der Waals surface area contributed by atoms with Gasteiger partial charge >= 0.3 is 6.03 Å². The number of amides is 3. The number of ether oxygens (including phenoxy) is 1. The molecule has 4 N–H and O–H groups in total. The fourth-order valence-electron chi connectivity index (χ4n) is 4.01. The first-order valence-corrected chi connectivity index (χ1v) is 13.3. The van der Waals surface area contributed by atoms with Crippen molar-refractivity contribution in [2.75, 3.05) is 17.2 Å². The number of anilines is 3. The number of benzene rings is 3. The molecular weight excluding hydrogens is 563 g/mol. The molecule has 0 aliphatic rings. The number of hydrogen-bond donors (Lipinski definition) is 4. The fourth-order valence-corrected chi connectivity index (χ4v) is 4.25. The largest absolute Gasteiger partial charge is 0.487 e. The Bertz CT molecular complexity index is 1700. The smallest absolute Gasteiger partial charge is 0.315 e. The Morgan fingerprint density at radius 2 is 1.83 bits per heavy atom. The summed E-state index contributed by atoms with van der Waals surface area (Å²) in [5.41, 5.74) is 2.56. The number of rotatable bonds is 11. The van der Waals surface area contributed by atoms with Crippen molar-refractivity contribution in [3.05, 3.63) is 108 Å². The van der Waals surface area contributed by atoms with Gasteiger partial charge in [-0.3, -0.25) is 4.79 Å². The van der Waals surface area contributed by atoms with E-state index >= 15 is 0 Å². The van der Waals surface area contributed by atoms with Crippen molar-refractivity contribution in [2.24, 2.45) is 0 Å². The zero-order valence-electron chi connectivity index (χ0n) is 22.2. The van der Waals surface area contributed by atoms with Crippen LogP contribution in [0.2, 0.25) is 5.02 Å². The quantitative estimate of drug-likeness (QED) is 0.145. The van der Waals surface area contributed by atoms with Crippen molar-refractivity contribution in [1.82, 2.24) is 20.6 Å². The topological polar surface area (TPSA) is 130 Å². The Morgan fingerprint density at radius 3 is 2.64 bits per heavy atom. The molecule has 0 atom stereocenters. The molecule has 5 aromatic rings. The van der Waals surface area contributed by atoms with Crippen LogP contribution in [0, 0.1) is 5.82 Å². The Balaban J connectivity index is 1.17. The van der Waals surface area contributed by atoms with Gasteiger partial charge in [0.15, 0.2) is 0 Å². The van der Waals surface area contributed by atoms with E-state index in [9.17, 15) is 14.0 Å². The first kappa shape index (κ1) is 28.4. The summed E-state index contributed by atoms with van der Waals surface area (Å²) < 4.78 is 24.3. The maximum absolute atomic E-state index is 13.4. The summed E-state index contributed by atoms with van der Waals surface area (Å²) >= 11 is 6.44. The molecule has 0 unspecified atom stereocenters. The molecule has 3 amide bonds. The highest BCUT2D eigenvalue weighted by molar-refractivity contribution is 6.32. The second-order valence-corrected chi connectivity index (χ2v) is 9.54. The zero-order chi connectivity index (χ0) is 29.3. The van der Waals surface area contributed by atoms with Gasteiger partial charge in [-0.25, -0.2) is 19.2 Å². The lowest BCUT2D eigenvalue weighted by molar-refractivity contribution is -0.116. The van der Waals surface area contributed by atoms with Crippen molar-refractivity contribution in [3.8, 4) is 5.75 Å². The van der Waals surface area contributed by atoms with Crippen LogP contribution < -0.4 is 26.0 Å². The van der Waals surface area contributed by atoms with Gasteiger partial charge in [0, 0.05) is 29.7 Å². The number of halogens is 2. The monoisotopic (exact) mass is 588 g/mol. The van der Waals surface area contributed by atoms with E-state index in [-0.39, 0.29) is 37.8 Å². The number of furan rings is 1. The second-order valence-electron chi connectivity index (χ2n) is 9.13. The molecule has 5 rings (SSSR count). The molecule has 2 aromatic heterocycles. The number of nitrogens with zero attached hydrogens (tertiary/aromatic N) is 2. The third kappa shape index (κ3) is 7.73. The second kappa shape index (κ2) is 13.5. The number of urea groups is 1. The van der Waals surface area contributed by atoms with Gasteiger partial charge in [0.2, 0.25) is 5.91 Å². The van der Waals surface area contributed by atoms with Crippen molar-refractivity contribution < 1.29 is 23.1 Å². The van der Waals surface area contributed by atoms with E-state index < -0.39 is 6.03 Å². The van der Waals surface area contributed by atoms with E-state index in [0.717, 1.165) is 0 Å². The lowest BCUT2D eigenvalue weighted by Gasteiger charge is -2.13.